The molecule has 3 aliphatic rings. The van der Waals surface area contributed by atoms with Crippen LogP contribution in [-0.4, -0.2) is 25.1 Å². The smallest absolute Gasteiger partial charge is 0.231 e. The molecule has 0 aliphatic heterocycles. The van der Waals surface area contributed by atoms with E-state index in [-0.39, 0.29) is 11.3 Å². The molecule has 0 saturated heterocycles. The average molecular weight is 328 g/mol. The van der Waals surface area contributed by atoms with Gasteiger partial charge in [0.05, 0.1) is 12.5 Å². The Morgan fingerprint density at radius 2 is 1.88 bits per heavy atom. The summed E-state index contributed by atoms with van der Waals surface area (Å²) >= 11 is 0. The molecule has 2 unspecified atom stereocenters. The largest absolute Gasteiger partial charge is 0.496 e. The Bertz CT molecular complexity index is 612. The predicted molar refractivity (Wildman–Crippen MR) is 93.9 cm³/mol. The van der Waals surface area contributed by atoms with Crippen molar-refractivity contribution in [3.05, 3.63) is 29.8 Å². The maximum atomic E-state index is 13.2. The van der Waals surface area contributed by atoms with Gasteiger partial charge in [-0.1, -0.05) is 24.6 Å². The molecule has 2 atom stereocenters. The van der Waals surface area contributed by atoms with Crippen molar-refractivity contribution in [2.45, 2.75) is 62.4 Å². The lowest BCUT2D eigenvalue weighted by Crippen LogP contribution is -2.55. The van der Waals surface area contributed by atoms with Crippen molar-refractivity contribution >= 4 is 5.91 Å². The quantitative estimate of drug-likeness (QED) is 0.893. The zero-order chi connectivity index (χ0) is 16.7. The summed E-state index contributed by atoms with van der Waals surface area (Å²) in [6.45, 7) is 0. The van der Waals surface area contributed by atoms with Gasteiger partial charge >= 0.3 is 0 Å². The normalized spacial score (nSPS) is 33.6. The molecule has 4 rings (SSSR count). The van der Waals surface area contributed by atoms with Crippen LogP contribution in [0.1, 0.15) is 50.5 Å². The number of nitrogens with two attached hydrogens (primary N) is 1. The summed E-state index contributed by atoms with van der Waals surface area (Å²) in [7, 11) is 1.68. The van der Waals surface area contributed by atoms with E-state index in [4.69, 9.17) is 10.5 Å². The summed E-state index contributed by atoms with van der Waals surface area (Å²) < 4.78 is 5.50. The van der Waals surface area contributed by atoms with Crippen molar-refractivity contribution in [1.29, 1.82) is 0 Å². The topological polar surface area (TPSA) is 64.3 Å². The monoisotopic (exact) mass is 328 g/mol. The lowest BCUT2D eigenvalue weighted by molar-refractivity contribution is -0.126. The number of carbonyl (C=O) groups excluding carboxylic acids is 1. The Hall–Kier alpha value is -1.55. The van der Waals surface area contributed by atoms with Crippen LogP contribution in [0.5, 0.6) is 5.75 Å². The highest BCUT2D eigenvalue weighted by molar-refractivity contribution is 5.92. The maximum absolute atomic E-state index is 13.2. The third kappa shape index (κ3) is 2.61. The maximum Gasteiger partial charge on any atom is 0.231 e. The van der Waals surface area contributed by atoms with Crippen LogP contribution in [0.4, 0.5) is 0 Å². The van der Waals surface area contributed by atoms with Gasteiger partial charge in [0.15, 0.2) is 0 Å². The molecule has 1 amide bonds. The molecule has 1 aromatic rings. The zero-order valence-electron chi connectivity index (χ0n) is 14.5. The van der Waals surface area contributed by atoms with Gasteiger partial charge in [0.25, 0.3) is 0 Å². The highest BCUT2D eigenvalue weighted by Crippen LogP contribution is 2.52. The first kappa shape index (κ1) is 15.9. The molecule has 2 bridgehead atoms. The number of rotatable bonds is 4. The van der Waals surface area contributed by atoms with Crippen molar-refractivity contribution in [2.75, 3.05) is 7.11 Å². The minimum Gasteiger partial charge on any atom is -0.496 e. The average Bonchev–Trinajstić information content (AvgIpc) is 3.37. The minimum absolute atomic E-state index is 0.198. The number of fused-ring (bicyclic) bond motifs is 2. The fourth-order valence-corrected chi connectivity index (χ4v) is 5.10. The van der Waals surface area contributed by atoms with E-state index in [1.165, 1.54) is 19.3 Å². The van der Waals surface area contributed by atoms with Gasteiger partial charge in [-0.2, -0.15) is 0 Å². The molecule has 4 nitrogen and oxygen atoms in total. The molecule has 0 radical (unpaired) electrons. The van der Waals surface area contributed by atoms with E-state index in [2.05, 4.69) is 5.32 Å². The molecule has 1 aromatic carbocycles. The molecular formula is C20H28N2O2. The van der Waals surface area contributed by atoms with Crippen LogP contribution in [0, 0.1) is 11.8 Å². The fourth-order valence-electron chi connectivity index (χ4n) is 5.10. The second-order valence-corrected chi connectivity index (χ2v) is 7.96. The molecule has 3 N–H and O–H groups in total. The van der Waals surface area contributed by atoms with Crippen LogP contribution < -0.4 is 15.8 Å². The van der Waals surface area contributed by atoms with Gasteiger partial charge in [-0.05, 0) is 56.4 Å². The van der Waals surface area contributed by atoms with Gasteiger partial charge in [0.2, 0.25) is 5.91 Å². The Morgan fingerprint density at radius 3 is 2.50 bits per heavy atom. The van der Waals surface area contributed by atoms with Crippen LogP contribution in [0.15, 0.2) is 24.3 Å². The van der Waals surface area contributed by atoms with Crippen LogP contribution >= 0.6 is 0 Å². The standard InChI is InChI=1S/C20H28N2O2/c1-24-17-8-3-2-7-16(17)20(9-10-20)19(23)22-18-13-5-4-6-14(18)12-15(21)11-13/h2-3,7-8,13-15,18H,4-6,9-12,21H2,1H3,(H,22,23). The van der Waals surface area contributed by atoms with Crippen LogP contribution in [0.2, 0.25) is 0 Å². The van der Waals surface area contributed by atoms with Crippen molar-refractivity contribution in [2.24, 2.45) is 17.6 Å². The molecule has 0 heterocycles. The Morgan fingerprint density at radius 1 is 1.21 bits per heavy atom. The van der Waals surface area contributed by atoms with Crippen LogP contribution in [-0.2, 0) is 10.2 Å². The lowest BCUT2D eigenvalue weighted by atomic mass is 9.67. The molecule has 24 heavy (non-hydrogen) atoms. The summed E-state index contributed by atoms with van der Waals surface area (Å²) in [6.07, 6.45) is 7.65. The predicted octanol–water partition coefficient (Wildman–Crippen LogP) is 2.75. The number of nitrogens with one attached hydrogen (secondary N) is 1. The molecule has 3 fully saturated rings. The fraction of sp³-hybridized carbons (Fsp3) is 0.650. The number of carbonyl (C=O) groups is 1. The van der Waals surface area contributed by atoms with Crippen molar-refractivity contribution < 1.29 is 9.53 Å². The van der Waals surface area contributed by atoms with Crippen LogP contribution in [0.25, 0.3) is 0 Å². The molecular weight excluding hydrogens is 300 g/mol. The van der Waals surface area contributed by atoms with E-state index in [9.17, 15) is 4.79 Å². The number of benzene rings is 1. The van der Waals surface area contributed by atoms with E-state index in [1.807, 2.05) is 24.3 Å². The molecule has 3 saturated carbocycles. The van der Waals surface area contributed by atoms with E-state index < -0.39 is 0 Å². The van der Waals surface area contributed by atoms with E-state index in [1.54, 1.807) is 7.11 Å². The van der Waals surface area contributed by atoms with Gasteiger partial charge < -0.3 is 15.8 Å². The number of amides is 1. The van der Waals surface area contributed by atoms with Crippen molar-refractivity contribution in [1.82, 2.24) is 5.32 Å². The summed E-state index contributed by atoms with van der Waals surface area (Å²) in [6, 6.07) is 8.60. The summed E-state index contributed by atoms with van der Waals surface area (Å²) in [5.41, 5.74) is 6.89. The minimum atomic E-state index is -0.375. The van der Waals surface area contributed by atoms with E-state index in [0.29, 0.717) is 23.9 Å². The molecule has 0 spiro atoms. The SMILES string of the molecule is COc1ccccc1C1(C(=O)NC2C3CCCC2CC(N)C3)CC1. The summed E-state index contributed by atoms with van der Waals surface area (Å²) in [5, 5.41) is 3.44. The first-order chi connectivity index (χ1) is 11.6. The number of hydrogen-bond acceptors (Lipinski definition) is 3. The van der Waals surface area contributed by atoms with Gasteiger partial charge in [-0.15, -0.1) is 0 Å². The van der Waals surface area contributed by atoms with Gasteiger partial charge in [0.1, 0.15) is 5.75 Å². The van der Waals surface area contributed by atoms with Crippen molar-refractivity contribution in [3.8, 4) is 5.75 Å². The zero-order valence-corrected chi connectivity index (χ0v) is 14.5. The van der Waals surface area contributed by atoms with Crippen LogP contribution in [0.3, 0.4) is 0 Å². The summed E-state index contributed by atoms with van der Waals surface area (Å²) in [4.78, 5) is 13.2. The summed E-state index contributed by atoms with van der Waals surface area (Å²) in [5.74, 6) is 2.15. The van der Waals surface area contributed by atoms with Gasteiger partial charge in [-0.25, -0.2) is 0 Å². The first-order valence-electron chi connectivity index (χ1n) is 9.34. The van der Waals surface area contributed by atoms with Gasteiger partial charge in [-0.3, -0.25) is 4.79 Å². The number of hydrogen-bond donors (Lipinski definition) is 2. The molecule has 130 valence electrons. The Kier molecular flexibility index (Phi) is 4.03. The van der Waals surface area contributed by atoms with Gasteiger partial charge in [0, 0.05) is 17.6 Å². The van der Waals surface area contributed by atoms with E-state index in [0.717, 1.165) is 37.0 Å². The molecule has 0 aromatic heterocycles. The second-order valence-electron chi connectivity index (χ2n) is 7.96. The highest BCUT2D eigenvalue weighted by atomic mass is 16.5. The lowest BCUT2D eigenvalue weighted by Gasteiger charge is -2.45. The number of ether oxygens (including phenoxy) is 1. The van der Waals surface area contributed by atoms with E-state index >= 15 is 0 Å². The Balaban J connectivity index is 1.54. The number of para-hydroxylation sites is 1. The van der Waals surface area contributed by atoms with Crippen molar-refractivity contribution in [3.63, 3.8) is 0 Å². The number of methoxy groups -OCH3 is 1. The molecule has 4 heteroatoms. The highest BCUT2D eigenvalue weighted by Gasteiger charge is 2.54. The third-order valence-electron chi connectivity index (χ3n) is 6.48. The molecule has 3 aliphatic carbocycles. The second kappa shape index (κ2) is 6.07. The first-order valence-corrected chi connectivity index (χ1v) is 9.34. The third-order valence-corrected chi connectivity index (χ3v) is 6.48. The Labute approximate surface area is 144 Å².